The molecule has 0 heterocycles. The van der Waals surface area contributed by atoms with Crippen molar-refractivity contribution in [2.24, 2.45) is 0 Å². The van der Waals surface area contributed by atoms with Crippen LogP contribution in [0.5, 0.6) is 5.75 Å². The third kappa shape index (κ3) is 3.49. The second-order valence-corrected chi connectivity index (χ2v) is 5.64. The van der Waals surface area contributed by atoms with Gasteiger partial charge >= 0.3 is 0 Å². The molecule has 1 radical (unpaired) electrons. The maximum absolute atomic E-state index is 9.96. The lowest BCUT2D eigenvalue weighted by atomic mass is 9.95. The molecule has 0 atom stereocenters. The van der Waals surface area contributed by atoms with Crippen molar-refractivity contribution in [3.63, 3.8) is 0 Å². The monoisotopic (exact) mass is 307 g/mol. The molecule has 3 aromatic carbocycles. The standard InChI is InChI=1S/C20H16ClO/c21-19-11-9-15(10-12-19)13-16-5-1-2-6-17(16)14-18-7-3-4-8-20(18)22/h1-13,22H,14H2. The predicted molar refractivity (Wildman–Crippen MR) is 91.3 cm³/mol. The zero-order valence-corrected chi connectivity index (χ0v) is 12.8. The Morgan fingerprint density at radius 3 is 2.14 bits per heavy atom. The number of hydrogen-bond acceptors (Lipinski definition) is 1. The van der Waals surface area contributed by atoms with E-state index in [1.165, 1.54) is 5.56 Å². The highest BCUT2D eigenvalue weighted by Crippen LogP contribution is 2.24. The molecule has 3 aromatic rings. The summed E-state index contributed by atoms with van der Waals surface area (Å²) >= 11 is 5.93. The van der Waals surface area contributed by atoms with Gasteiger partial charge in [0.2, 0.25) is 0 Å². The van der Waals surface area contributed by atoms with Crippen molar-refractivity contribution in [2.45, 2.75) is 6.42 Å². The number of phenols is 1. The molecule has 0 aliphatic rings. The molecule has 0 amide bonds. The lowest BCUT2D eigenvalue weighted by Crippen LogP contribution is -1.95. The van der Waals surface area contributed by atoms with E-state index in [1.807, 2.05) is 54.6 Å². The molecule has 2 heteroatoms. The minimum atomic E-state index is 0.337. The minimum absolute atomic E-state index is 0.337. The molecule has 0 saturated carbocycles. The molecule has 0 saturated heterocycles. The van der Waals surface area contributed by atoms with E-state index in [1.54, 1.807) is 6.07 Å². The Morgan fingerprint density at radius 2 is 1.41 bits per heavy atom. The first-order valence-electron chi connectivity index (χ1n) is 7.17. The van der Waals surface area contributed by atoms with Crippen LogP contribution >= 0.6 is 11.6 Å². The summed E-state index contributed by atoms with van der Waals surface area (Å²) in [5.41, 5.74) is 4.36. The number of aromatic hydroxyl groups is 1. The average molecular weight is 308 g/mol. The molecule has 22 heavy (non-hydrogen) atoms. The molecule has 109 valence electrons. The Morgan fingerprint density at radius 1 is 0.773 bits per heavy atom. The van der Waals surface area contributed by atoms with Crippen molar-refractivity contribution < 1.29 is 5.11 Å². The van der Waals surface area contributed by atoms with Crippen molar-refractivity contribution in [3.05, 3.63) is 106 Å². The first-order chi connectivity index (χ1) is 10.7. The average Bonchev–Trinajstić information content (AvgIpc) is 2.53. The fourth-order valence-corrected chi connectivity index (χ4v) is 2.57. The smallest absolute Gasteiger partial charge is 0.119 e. The summed E-state index contributed by atoms with van der Waals surface area (Å²) in [4.78, 5) is 0. The second kappa shape index (κ2) is 6.67. The van der Waals surface area contributed by atoms with Crippen LogP contribution in [0.3, 0.4) is 0 Å². The van der Waals surface area contributed by atoms with Gasteiger partial charge in [0.25, 0.3) is 0 Å². The van der Waals surface area contributed by atoms with Crippen molar-refractivity contribution in [2.75, 3.05) is 0 Å². The molecule has 3 rings (SSSR count). The van der Waals surface area contributed by atoms with E-state index < -0.39 is 0 Å². The lowest BCUT2D eigenvalue weighted by molar-refractivity contribution is 0.469. The summed E-state index contributed by atoms with van der Waals surface area (Å²) in [6, 6.07) is 23.5. The van der Waals surface area contributed by atoms with Gasteiger partial charge in [-0.05, 0) is 40.5 Å². The summed E-state index contributed by atoms with van der Waals surface area (Å²) in [5, 5.41) is 10.7. The third-order valence-electron chi connectivity index (χ3n) is 3.62. The third-order valence-corrected chi connectivity index (χ3v) is 3.87. The molecule has 0 unspecified atom stereocenters. The summed E-state index contributed by atoms with van der Waals surface area (Å²) in [6.45, 7) is 0. The van der Waals surface area contributed by atoms with E-state index in [0.29, 0.717) is 12.2 Å². The zero-order chi connectivity index (χ0) is 15.4. The molecule has 1 nitrogen and oxygen atoms in total. The van der Waals surface area contributed by atoms with Gasteiger partial charge < -0.3 is 5.11 Å². The Kier molecular flexibility index (Phi) is 4.45. The normalized spacial score (nSPS) is 10.6. The van der Waals surface area contributed by atoms with E-state index in [4.69, 9.17) is 11.6 Å². The minimum Gasteiger partial charge on any atom is -0.508 e. The molecule has 0 aromatic heterocycles. The van der Waals surface area contributed by atoms with Gasteiger partial charge in [0, 0.05) is 17.9 Å². The number of hydrogen-bond donors (Lipinski definition) is 1. The van der Waals surface area contributed by atoms with Crippen LogP contribution < -0.4 is 0 Å². The molecular weight excluding hydrogens is 292 g/mol. The second-order valence-electron chi connectivity index (χ2n) is 5.20. The van der Waals surface area contributed by atoms with Gasteiger partial charge in [-0.2, -0.15) is 0 Å². The fraction of sp³-hybridized carbons (Fsp3) is 0.0500. The first kappa shape index (κ1) is 14.7. The van der Waals surface area contributed by atoms with E-state index >= 15 is 0 Å². The van der Waals surface area contributed by atoms with Crippen molar-refractivity contribution >= 4 is 11.6 Å². The Bertz CT molecular complexity index is 763. The van der Waals surface area contributed by atoms with Crippen LogP contribution in [0.4, 0.5) is 0 Å². The highest BCUT2D eigenvalue weighted by molar-refractivity contribution is 6.30. The first-order valence-corrected chi connectivity index (χ1v) is 7.55. The Labute approximate surface area is 135 Å². The number of para-hydroxylation sites is 1. The zero-order valence-electron chi connectivity index (χ0n) is 12.0. The topological polar surface area (TPSA) is 20.2 Å². The molecule has 0 bridgehead atoms. The highest BCUT2D eigenvalue weighted by atomic mass is 35.5. The van der Waals surface area contributed by atoms with Gasteiger partial charge in [-0.25, -0.2) is 0 Å². The number of benzene rings is 3. The maximum atomic E-state index is 9.96. The van der Waals surface area contributed by atoms with Gasteiger partial charge in [0.15, 0.2) is 0 Å². The van der Waals surface area contributed by atoms with E-state index in [-0.39, 0.29) is 0 Å². The van der Waals surface area contributed by atoms with Crippen LogP contribution in [-0.4, -0.2) is 5.11 Å². The van der Waals surface area contributed by atoms with Crippen LogP contribution in [0.15, 0.2) is 72.8 Å². The summed E-state index contributed by atoms with van der Waals surface area (Å²) in [5.74, 6) is 0.337. The molecule has 1 N–H and O–H groups in total. The van der Waals surface area contributed by atoms with E-state index in [0.717, 1.165) is 21.7 Å². The SMILES string of the molecule is Oc1ccccc1Cc1ccccc1[CH]c1ccc(Cl)cc1. The molecular formula is C20H16ClO. The molecule has 0 spiro atoms. The molecule has 0 aliphatic carbocycles. The molecule has 0 fully saturated rings. The highest BCUT2D eigenvalue weighted by Gasteiger charge is 2.07. The van der Waals surface area contributed by atoms with E-state index in [2.05, 4.69) is 18.6 Å². The Hall–Kier alpha value is -2.25. The predicted octanol–water partition coefficient (Wildman–Crippen LogP) is 5.24. The van der Waals surface area contributed by atoms with Crippen molar-refractivity contribution in [3.8, 4) is 5.75 Å². The van der Waals surface area contributed by atoms with Gasteiger partial charge in [-0.15, -0.1) is 0 Å². The number of phenolic OH excluding ortho intramolecular Hbond substituents is 1. The van der Waals surface area contributed by atoms with Crippen LogP contribution in [0.2, 0.25) is 5.02 Å². The fourth-order valence-electron chi connectivity index (χ4n) is 2.44. The lowest BCUT2D eigenvalue weighted by Gasteiger charge is -2.10. The van der Waals surface area contributed by atoms with Crippen LogP contribution in [0.25, 0.3) is 0 Å². The summed E-state index contributed by atoms with van der Waals surface area (Å²) in [6.07, 6.45) is 2.83. The van der Waals surface area contributed by atoms with Crippen molar-refractivity contribution in [1.29, 1.82) is 0 Å². The molecule has 0 aliphatic heterocycles. The van der Waals surface area contributed by atoms with E-state index in [9.17, 15) is 5.11 Å². The van der Waals surface area contributed by atoms with Gasteiger partial charge in [-0.1, -0.05) is 66.2 Å². The van der Waals surface area contributed by atoms with Crippen LogP contribution in [0.1, 0.15) is 22.3 Å². The van der Waals surface area contributed by atoms with Gasteiger partial charge in [0.1, 0.15) is 5.75 Å². The summed E-state index contributed by atoms with van der Waals surface area (Å²) in [7, 11) is 0. The van der Waals surface area contributed by atoms with Crippen LogP contribution in [-0.2, 0) is 6.42 Å². The van der Waals surface area contributed by atoms with Gasteiger partial charge in [-0.3, -0.25) is 0 Å². The van der Waals surface area contributed by atoms with Gasteiger partial charge in [0.05, 0.1) is 0 Å². The summed E-state index contributed by atoms with van der Waals surface area (Å²) < 4.78 is 0. The number of halogens is 1. The maximum Gasteiger partial charge on any atom is 0.119 e. The number of rotatable bonds is 4. The quantitative estimate of drug-likeness (QED) is 0.699. The van der Waals surface area contributed by atoms with Crippen LogP contribution in [0, 0.1) is 6.42 Å². The van der Waals surface area contributed by atoms with Crippen molar-refractivity contribution in [1.82, 2.24) is 0 Å². The largest absolute Gasteiger partial charge is 0.508 e. The Balaban J connectivity index is 1.87.